The molecule has 1 N–H and O–H groups in total. The molecule has 0 unspecified atom stereocenters. The summed E-state index contributed by atoms with van der Waals surface area (Å²) in [6.07, 6.45) is 2.27. The first-order valence-electron chi connectivity index (χ1n) is 9.09. The zero-order chi connectivity index (χ0) is 18.1. The summed E-state index contributed by atoms with van der Waals surface area (Å²) in [6, 6.07) is 13.7. The van der Waals surface area contributed by atoms with Gasteiger partial charge in [-0.05, 0) is 54.7 Å². The van der Waals surface area contributed by atoms with E-state index in [4.69, 9.17) is 9.47 Å². The zero-order valence-electron chi connectivity index (χ0n) is 15.2. The third-order valence-corrected chi connectivity index (χ3v) is 4.93. The number of anilines is 1. The fourth-order valence-corrected chi connectivity index (χ4v) is 3.31. The second-order valence-electron chi connectivity index (χ2n) is 7.14. The number of carbonyl (C=O) groups excluding carboxylic acids is 1. The minimum Gasteiger partial charge on any atom is -0.486 e. The molecule has 2 aliphatic rings. The van der Waals surface area contributed by atoms with E-state index in [-0.39, 0.29) is 11.9 Å². The standard InChI is InChI=1S/C21H24N2O3/c1-23(2)17-5-3-4-16(12-17)21(24)22-20(14-6-7-14)15-8-9-18-19(13-15)26-11-10-25-18/h3-5,8-9,12-14,20H,6-7,10-11H2,1-2H3,(H,22,24)/t20-/m0/s1. The van der Waals surface area contributed by atoms with Gasteiger partial charge in [0, 0.05) is 25.3 Å². The predicted octanol–water partition coefficient (Wildman–Crippen LogP) is 3.40. The van der Waals surface area contributed by atoms with Gasteiger partial charge >= 0.3 is 0 Å². The van der Waals surface area contributed by atoms with E-state index in [1.165, 1.54) is 0 Å². The molecule has 2 aromatic carbocycles. The first-order chi connectivity index (χ1) is 12.6. The van der Waals surface area contributed by atoms with Crippen molar-refractivity contribution in [1.29, 1.82) is 0 Å². The molecule has 26 heavy (non-hydrogen) atoms. The van der Waals surface area contributed by atoms with E-state index in [2.05, 4.69) is 5.32 Å². The molecule has 1 fully saturated rings. The van der Waals surface area contributed by atoms with Gasteiger partial charge in [-0.25, -0.2) is 0 Å². The highest BCUT2D eigenvalue weighted by Gasteiger charge is 2.34. The Hall–Kier alpha value is -2.69. The van der Waals surface area contributed by atoms with Gasteiger partial charge in [-0.3, -0.25) is 4.79 Å². The number of amides is 1. The molecule has 1 atom stereocenters. The first-order valence-corrected chi connectivity index (χ1v) is 9.09. The molecule has 1 aliphatic carbocycles. The Morgan fingerprint density at radius 2 is 1.85 bits per heavy atom. The number of hydrogen-bond donors (Lipinski definition) is 1. The van der Waals surface area contributed by atoms with Crippen LogP contribution in [0.1, 0.15) is 34.8 Å². The highest BCUT2D eigenvalue weighted by atomic mass is 16.6. The Morgan fingerprint density at radius 1 is 1.08 bits per heavy atom. The summed E-state index contributed by atoms with van der Waals surface area (Å²) in [5, 5.41) is 3.23. The van der Waals surface area contributed by atoms with Crippen LogP contribution in [0.5, 0.6) is 11.5 Å². The number of ether oxygens (including phenoxy) is 2. The van der Waals surface area contributed by atoms with E-state index < -0.39 is 0 Å². The highest BCUT2D eigenvalue weighted by Crippen LogP contribution is 2.43. The molecule has 0 spiro atoms. The van der Waals surface area contributed by atoms with Gasteiger partial charge in [0.1, 0.15) is 13.2 Å². The van der Waals surface area contributed by atoms with Gasteiger partial charge < -0.3 is 19.7 Å². The average molecular weight is 352 g/mol. The Labute approximate surface area is 153 Å². The van der Waals surface area contributed by atoms with Gasteiger partial charge in [0.2, 0.25) is 0 Å². The SMILES string of the molecule is CN(C)c1cccc(C(=O)N[C@H](c2ccc3c(c2)OCCO3)C2CC2)c1. The van der Waals surface area contributed by atoms with Gasteiger partial charge in [-0.2, -0.15) is 0 Å². The predicted molar refractivity (Wildman–Crippen MR) is 101 cm³/mol. The fraction of sp³-hybridized carbons (Fsp3) is 0.381. The maximum Gasteiger partial charge on any atom is 0.251 e. The van der Waals surface area contributed by atoms with Crippen LogP contribution < -0.4 is 19.7 Å². The lowest BCUT2D eigenvalue weighted by Gasteiger charge is -2.23. The lowest BCUT2D eigenvalue weighted by molar-refractivity contribution is 0.0931. The van der Waals surface area contributed by atoms with Crippen LogP contribution in [0.25, 0.3) is 0 Å². The molecule has 136 valence electrons. The van der Waals surface area contributed by atoms with Crippen LogP contribution in [0.2, 0.25) is 0 Å². The molecule has 1 amide bonds. The van der Waals surface area contributed by atoms with E-state index >= 15 is 0 Å². The van der Waals surface area contributed by atoms with Crippen LogP contribution in [0.4, 0.5) is 5.69 Å². The van der Waals surface area contributed by atoms with Gasteiger partial charge in [0.15, 0.2) is 11.5 Å². The quantitative estimate of drug-likeness (QED) is 0.896. The molecule has 1 aliphatic heterocycles. The van der Waals surface area contributed by atoms with Gasteiger partial charge in [-0.1, -0.05) is 12.1 Å². The molecular weight excluding hydrogens is 328 g/mol. The number of nitrogens with zero attached hydrogens (tertiary/aromatic N) is 1. The second kappa shape index (κ2) is 6.90. The molecule has 1 saturated carbocycles. The zero-order valence-corrected chi connectivity index (χ0v) is 15.2. The molecule has 0 radical (unpaired) electrons. The van der Waals surface area contributed by atoms with E-state index in [1.807, 2.05) is 61.5 Å². The normalized spacial score (nSPS) is 16.7. The molecule has 0 bridgehead atoms. The monoisotopic (exact) mass is 352 g/mol. The van der Waals surface area contributed by atoms with Gasteiger partial charge in [-0.15, -0.1) is 0 Å². The third kappa shape index (κ3) is 3.47. The summed E-state index contributed by atoms with van der Waals surface area (Å²) < 4.78 is 11.3. The van der Waals surface area contributed by atoms with Crippen LogP contribution >= 0.6 is 0 Å². The third-order valence-electron chi connectivity index (χ3n) is 4.93. The van der Waals surface area contributed by atoms with Crippen molar-refractivity contribution in [2.75, 3.05) is 32.2 Å². The van der Waals surface area contributed by atoms with Crippen LogP contribution in [0, 0.1) is 5.92 Å². The molecule has 4 rings (SSSR count). The summed E-state index contributed by atoms with van der Waals surface area (Å²) in [5.74, 6) is 1.99. The average Bonchev–Trinajstić information content (AvgIpc) is 3.50. The summed E-state index contributed by atoms with van der Waals surface area (Å²) in [6.45, 7) is 1.14. The number of carbonyl (C=O) groups is 1. The molecule has 0 aromatic heterocycles. The van der Waals surface area contributed by atoms with Crippen molar-refractivity contribution in [3.63, 3.8) is 0 Å². The lowest BCUT2D eigenvalue weighted by atomic mass is 10.0. The minimum atomic E-state index is -0.0412. The maximum atomic E-state index is 12.8. The molecule has 5 heteroatoms. The summed E-state index contributed by atoms with van der Waals surface area (Å²) >= 11 is 0. The molecule has 2 aromatic rings. The van der Waals surface area contributed by atoms with Crippen molar-refractivity contribution in [3.8, 4) is 11.5 Å². The van der Waals surface area contributed by atoms with Crippen molar-refractivity contribution < 1.29 is 14.3 Å². The number of fused-ring (bicyclic) bond motifs is 1. The van der Waals surface area contributed by atoms with E-state index in [0.717, 1.165) is 35.6 Å². The number of nitrogens with one attached hydrogen (secondary N) is 1. The van der Waals surface area contributed by atoms with Crippen molar-refractivity contribution in [3.05, 3.63) is 53.6 Å². The molecular formula is C21H24N2O3. The van der Waals surface area contributed by atoms with Crippen molar-refractivity contribution >= 4 is 11.6 Å². The first kappa shape index (κ1) is 16.8. The number of hydrogen-bond acceptors (Lipinski definition) is 4. The number of benzene rings is 2. The van der Waals surface area contributed by atoms with Gasteiger partial charge in [0.25, 0.3) is 5.91 Å². The molecule has 0 saturated heterocycles. The Morgan fingerprint density at radius 3 is 2.58 bits per heavy atom. The van der Waals surface area contributed by atoms with Gasteiger partial charge in [0.05, 0.1) is 6.04 Å². The second-order valence-corrected chi connectivity index (χ2v) is 7.14. The molecule has 5 nitrogen and oxygen atoms in total. The van der Waals surface area contributed by atoms with E-state index in [0.29, 0.717) is 24.7 Å². The number of rotatable bonds is 5. The van der Waals surface area contributed by atoms with Crippen molar-refractivity contribution in [2.24, 2.45) is 5.92 Å². The summed E-state index contributed by atoms with van der Waals surface area (Å²) in [7, 11) is 3.94. The largest absolute Gasteiger partial charge is 0.486 e. The lowest BCUT2D eigenvalue weighted by Crippen LogP contribution is -2.30. The Balaban J connectivity index is 1.56. The fourth-order valence-electron chi connectivity index (χ4n) is 3.31. The smallest absolute Gasteiger partial charge is 0.251 e. The van der Waals surface area contributed by atoms with Crippen LogP contribution in [-0.2, 0) is 0 Å². The van der Waals surface area contributed by atoms with Crippen molar-refractivity contribution in [2.45, 2.75) is 18.9 Å². The Bertz CT molecular complexity index is 815. The highest BCUT2D eigenvalue weighted by molar-refractivity contribution is 5.95. The maximum absolute atomic E-state index is 12.8. The van der Waals surface area contributed by atoms with Crippen LogP contribution in [0.3, 0.4) is 0 Å². The Kier molecular flexibility index (Phi) is 4.45. The van der Waals surface area contributed by atoms with Crippen LogP contribution in [0.15, 0.2) is 42.5 Å². The van der Waals surface area contributed by atoms with E-state index in [1.54, 1.807) is 0 Å². The summed E-state index contributed by atoms with van der Waals surface area (Å²) in [4.78, 5) is 14.8. The van der Waals surface area contributed by atoms with Crippen molar-refractivity contribution in [1.82, 2.24) is 5.32 Å². The van der Waals surface area contributed by atoms with Crippen LogP contribution in [-0.4, -0.2) is 33.2 Å². The topological polar surface area (TPSA) is 50.8 Å². The minimum absolute atomic E-state index is 0.00124. The van der Waals surface area contributed by atoms with E-state index in [9.17, 15) is 4.79 Å². The summed E-state index contributed by atoms with van der Waals surface area (Å²) in [5.41, 5.74) is 2.77. The molecule has 1 heterocycles.